The average Bonchev–Trinajstić information content (AvgIpc) is 2.28. The third kappa shape index (κ3) is 3.40. The monoisotopic (exact) mass is 241 g/mol. The van der Waals surface area contributed by atoms with Crippen molar-refractivity contribution >= 4 is 0 Å². The van der Waals surface area contributed by atoms with Gasteiger partial charge in [-0.3, -0.25) is 0 Å². The van der Waals surface area contributed by atoms with Crippen LogP contribution in [0.4, 0.5) is 8.78 Å². The second kappa shape index (κ2) is 5.45. The van der Waals surface area contributed by atoms with Crippen molar-refractivity contribution in [3.63, 3.8) is 0 Å². The van der Waals surface area contributed by atoms with E-state index in [9.17, 15) is 8.78 Å². The molecule has 0 aliphatic carbocycles. The highest BCUT2D eigenvalue weighted by atomic mass is 19.1. The molecule has 2 rings (SSSR count). The highest BCUT2D eigenvalue weighted by Gasteiger charge is 2.19. The lowest BCUT2D eigenvalue weighted by molar-refractivity contribution is 0.103. The molecule has 1 aromatic carbocycles. The fraction of sp³-hybridized carbons (Fsp3) is 0.538. The van der Waals surface area contributed by atoms with Crippen molar-refractivity contribution in [2.75, 3.05) is 19.6 Å². The maximum Gasteiger partial charge on any atom is 0.129 e. The summed E-state index contributed by atoms with van der Waals surface area (Å²) in [7, 11) is 0. The lowest BCUT2D eigenvalue weighted by Crippen LogP contribution is -2.38. The summed E-state index contributed by atoms with van der Waals surface area (Å²) in [5.74, 6) is -0.894. The van der Waals surface area contributed by atoms with Gasteiger partial charge < -0.3 is 9.64 Å². The first-order valence-corrected chi connectivity index (χ1v) is 6.02. The Kier molecular flexibility index (Phi) is 3.94. The Morgan fingerprint density at radius 1 is 1.18 bits per heavy atom. The number of nitrogens with zero attached hydrogens (tertiary/aromatic N) is 1. The van der Waals surface area contributed by atoms with E-state index in [0.717, 1.165) is 38.5 Å². The van der Waals surface area contributed by atoms with Crippen molar-refractivity contribution in [2.24, 2.45) is 0 Å². The second-order valence-corrected chi connectivity index (χ2v) is 4.36. The summed E-state index contributed by atoms with van der Waals surface area (Å²) in [6.07, 6.45) is 1.89. The maximum absolute atomic E-state index is 13.0. The van der Waals surface area contributed by atoms with Crippen molar-refractivity contribution < 1.29 is 13.5 Å². The standard InChI is InChI=1S/C13H17F2NO/c1-2-16-5-3-12(4-6-16)17-13-8-10(14)7-11(15)9-13/h7-9,12H,2-6H2,1H3. The van der Waals surface area contributed by atoms with Crippen LogP contribution in [0, 0.1) is 11.6 Å². The zero-order valence-corrected chi connectivity index (χ0v) is 9.96. The molecule has 1 heterocycles. The highest BCUT2D eigenvalue weighted by molar-refractivity contribution is 5.24. The Bertz CT molecular complexity index is 355. The molecule has 2 nitrogen and oxygen atoms in total. The Labute approximate surface area is 100 Å². The van der Waals surface area contributed by atoms with Crippen molar-refractivity contribution in [1.82, 2.24) is 4.90 Å². The van der Waals surface area contributed by atoms with E-state index in [0.29, 0.717) is 0 Å². The molecule has 0 saturated carbocycles. The molecule has 0 amide bonds. The van der Waals surface area contributed by atoms with Gasteiger partial charge in [-0.05, 0) is 19.4 Å². The van der Waals surface area contributed by atoms with Crippen LogP contribution in [-0.4, -0.2) is 30.6 Å². The van der Waals surface area contributed by atoms with Gasteiger partial charge in [-0.15, -0.1) is 0 Å². The van der Waals surface area contributed by atoms with Crippen LogP contribution in [0.3, 0.4) is 0 Å². The third-order valence-electron chi connectivity index (χ3n) is 3.12. The minimum Gasteiger partial charge on any atom is -0.490 e. The second-order valence-electron chi connectivity index (χ2n) is 4.36. The zero-order chi connectivity index (χ0) is 12.3. The molecule has 1 aliphatic rings. The summed E-state index contributed by atoms with van der Waals surface area (Å²) in [5, 5.41) is 0. The largest absolute Gasteiger partial charge is 0.490 e. The summed E-state index contributed by atoms with van der Waals surface area (Å²) in [5.41, 5.74) is 0. The van der Waals surface area contributed by atoms with E-state index in [4.69, 9.17) is 4.74 Å². The molecule has 0 atom stereocenters. The number of rotatable bonds is 3. The molecule has 1 aromatic rings. The van der Waals surface area contributed by atoms with Gasteiger partial charge >= 0.3 is 0 Å². The third-order valence-corrected chi connectivity index (χ3v) is 3.12. The Hall–Kier alpha value is -1.16. The van der Waals surface area contributed by atoms with Crippen LogP contribution >= 0.6 is 0 Å². The molecular weight excluding hydrogens is 224 g/mol. The number of hydrogen-bond donors (Lipinski definition) is 0. The first-order valence-electron chi connectivity index (χ1n) is 6.02. The molecule has 94 valence electrons. The first-order chi connectivity index (χ1) is 8.17. The summed E-state index contributed by atoms with van der Waals surface area (Å²) in [6.45, 7) is 5.14. The highest BCUT2D eigenvalue weighted by Crippen LogP contribution is 2.21. The smallest absolute Gasteiger partial charge is 0.129 e. The van der Waals surface area contributed by atoms with Gasteiger partial charge in [0.2, 0.25) is 0 Å². The van der Waals surface area contributed by atoms with E-state index in [-0.39, 0.29) is 11.9 Å². The topological polar surface area (TPSA) is 12.5 Å². The molecule has 0 aromatic heterocycles. The molecule has 17 heavy (non-hydrogen) atoms. The van der Waals surface area contributed by atoms with Crippen LogP contribution in [0.1, 0.15) is 19.8 Å². The van der Waals surface area contributed by atoms with Crippen LogP contribution < -0.4 is 4.74 Å². The van der Waals surface area contributed by atoms with Gasteiger partial charge in [0.05, 0.1) is 0 Å². The van der Waals surface area contributed by atoms with Crippen molar-refractivity contribution in [2.45, 2.75) is 25.9 Å². The predicted molar refractivity (Wildman–Crippen MR) is 62.1 cm³/mol. The number of likely N-dealkylation sites (tertiary alicyclic amines) is 1. The number of hydrogen-bond acceptors (Lipinski definition) is 2. The summed E-state index contributed by atoms with van der Waals surface area (Å²) in [4.78, 5) is 2.34. The lowest BCUT2D eigenvalue weighted by atomic mass is 10.1. The molecule has 1 aliphatic heterocycles. The van der Waals surface area contributed by atoms with Gasteiger partial charge in [0.1, 0.15) is 23.5 Å². The van der Waals surface area contributed by atoms with Crippen LogP contribution in [-0.2, 0) is 0 Å². The molecule has 0 bridgehead atoms. The van der Waals surface area contributed by atoms with Crippen molar-refractivity contribution in [3.05, 3.63) is 29.8 Å². The summed E-state index contributed by atoms with van der Waals surface area (Å²) >= 11 is 0. The number of ether oxygens (including phenoxy) is 1. The van der Waals surface area contributed by atoms with Crippen LogP contribution in [0.25, 0.3) is 0 Å². The molecule has 1 fully saturated rings. The van der Waals surface area contributed by atoms with Crippen LogP contribution in [0.15, 0.2) is 18.2 Å². The molecular formula is C13H17F2NO. The molecule has 1 saturated heterocycles. The number of piperidine rings is 1. The molecule has 0 unspecified atom stereocenters. The van der Waals surface area contributed by atoms with Gasteiger partial charge in [0.25, 0.3) is 0 Å². The van der Waals surface area contributed by atoms with Crippen molar-refractivity contribution in [3.8, 4) is 5.75 Å². The molecule has 0 N–H and O–H groups in total. The fourth-order valence-electron chi connectivity index (χ4n) is 2.13. The number of halogens is 2. The normalized spacial score (nSPS) is 18.3. The van der Waals surface area contributed by atoms with E-state index in [2.05, 4.69) is 11.8 Å². The number of benzene rings is 1. The Balaban J connectivity index is 1.93. The lowest BCUT2D eigenvalue weighted by Gasteiger charge is -2.31. The first kappa shape index (κ1) is 12.3. The minimum atomic E-state index is -0.592. The molecule has 0 spiro atoms. The van der Waals surface area contributed by atoms with Gasteiger partial charge in [-0.1, -0.05) is 6.92 Å². The predicted octanol–water partition coefficient (Wildman–Crippen LogP) is 2.83. The average molecular weight is 241 g/mol. The zero-order valence-electron chi connectivity index (χ0n) is 9.96. The van der Waals surface area contributed by atoms with E-state index in [1.165, 1.54) is 12.1 Å². The van der Waals surface area contributed by atoms with Gasteiger partial charge in [-0.25, -0.2) is 8.78 Å². The van der Waals surface area contributed by atoms with E-state index in [1.54, 1.807) is 0 Å². The summed E-state index contributed by atoms with van der Waals surface area (Å²) in [6, 6.07) is 3.32. The van der Waals surface area contributed by atoms with E-state index < -0.39 is 11.6 Å². The van der Waals surface area contributed by atoms with E-state index >= 15 is 0 Å². The molecule has 4 heteroatoms. The Morgan fingerprint density at radius 3 is 2.29 bits per heavy atom. The maximum atomic E-state index is 13.0. The quantitative estimate of drug-likeness (QED) is 0.806. The van der Waals surface area contributed by atoms with Gasteiger partial charge in [0.15, 0.2) is 0 Å². The van der Waals surface area contributed by atoms with E-state index in [1.807, 2.05) is 0 Å². The summed E-state index contributed by atoms with van der Waals surface area (Å²) < 4.78 is 31.5. The Morgan fingerprint density at radius 2 is 1.76 bits per heavy atom. The van der Waals surface area contributed by atoms with Gasteiger partial charge in [-0.2, -0.15) is 0 Å². The molecule has 0 radical (unpaired) electrons. The SMILES string of the molecule is CCN1CCC(Oc2cc(F)cc(F)c2)CC1. The fourth-order valence-corrected chi connectivity index (χ4v) is 2.13. The minimum absolute atomic E-state index is 0.0685. The van der Waals surface area contributed by atoms with Crippen LogP contribution in [0.2, 0.25) is 0 Å². The van der Waals surface area contributed by atoms with Crippen molar-refractivity contribution in [1.29, 1.82) is 0 Å². The van der Waals surface area contributed by atoms with Crippen LogP contribution in [0.5, 0.6) is 5.75 Å². The van der Waals surface area contributed by atoms with Gasteiger partial charge in [0, 0.05) is 31.3 Å².